The van der Waals surface area contributed by atoms with Crippen molar-refractivity contribution in [1.29, 1.82) is 0 Å². The highest BCUT2D eigenvalue weighted by molar-refractivity contribution is 5.87. The van der Waals surface area contributed by atoms with Crippen LogP contribution in [0.15, 0.2) is 12.4 Å². The summed E-state index contributed by atoms with van der Waals surface area (Å²) in [6.07, 6.45) is 5.47. The first-order chi connectivity index (χ1) is 9.65. The first-order valence-corrected chi connectivity index (χ1v) is 6.56. The van der Waals surface area contributed by atoms with E-state index in [-0.39, 0.29) is 24.3 Å². The van der Waals surface area contributed by atoms with Crippen molar-refractivity contribution in [2.75, 3.05) is 18.4 Å². The number of nitrogens with one attached hydrogen (secondary N) is 1. The van der Waals surface area contributed by atoms with Gasteiger partial charge in [0.15, 0.2) is 0 Å². The number of urea groups is 1. The van der Waals surface area contributed by atoms with Crippen LogP contribution in [-0.4, -0.2) is 50.3 Å². The minimum absolute atomic E-state index is 0.145. The number of aliphatic carboxylic acids is 1. The zero-order chi connectivity index (χ0) is 14.4. The number of carbonyl (C=O) groups is 2. The number of hydrogen-bond acceptors (Lipinski definition) is 5. The van der Waals surface area contributed by atoms with E-state index in [1.807, 2.05) is 0 Å². The molecule has 0 aromatic carbocycles. The van der Waals surface area contributed by atoms with Gasteiger partial charge in [0.1, 0.15) is 0 Å². The molecule has 1 saturated heterocycles. The number of anilines is 1. The molecule has 20 heavy (non-hydrogen) atoms. The third kappa shape index (κ3) is 4.15. The number of carboxylic acid groups (broad SMARTS) is 1. The molecule has 8 heteroatoms. The molecule has 1 fully saturated rings. The Kier molecular flexibility index (Phi) is 4.80. The second kappa shape index (κ2) is 6.78. The van der Waals surface area contributed by atoms with E-state index < -0.39 is 5.97 Å². The van der Waals surface area contributed by atoms with Crippen LogP contribution in [0.4, 0.5) is 10.7 Å². The van der Waals surface area contributed by atoms with E-state index in [0.29, 0.717) is 19.5 Å². The fourth-order valence-corrected chi connectivity index (χ4v) is 2.29. The molecule has 2 heterocycles. The van der Waals surface area contributed by atoms with Crippen molar-refractivity contribution in [3.8, 4) is 0 Å². The molecule has 1 aromatic rings. The van der Waals surface area contributed by atoms with Crippen LogP contribution >= 0.6 is 0 Å². The van der Waals surface area contributed by atoms with Gasteiger partial charge >= 0.3 is 12.0 Å². The molecule has 0 saturated carbocycles. The summed E-state index contributed by atoms with van der Waals surface area (Å²) in [7, 11) is 0. The predicted molar refractivity (Wildman–Crippen MR) is 70.0 cm³/mol. The second-order valence-corrected chi connectivity index (χ2v) is 4.78. The zero-order valence-corrected chi connectivity index (χ0v) is 11.0. The van der Waals surface area contributed by atoms with Gasteiger partial charge in [-0.15, -0.1) is 5.10 Å². The summed E-state index contributed by atoms with van der Waals surface area (Å²) in [5.74, 6) is -0.388. The van der Waals surface area contributed by atoms with Gasteiger partial charge in [0.05, 0.1) is 12.4 Å². The number of carboxylic acids is 1. The largest absolute Gasteiger partial charge is 0.481 e. The Morgan fingerprint density at radius 1 is 1.45 bits per heavy atom. The second-order valence-electron chi connectivity index (χ2n) is 4.78. The lowest BCUT2D eigenvalue weighted by molar-refractivity contribution is -0.137. The van der Waals surface area contributed by atoms with Gasteiger partial charge in [0.2, 0.25) is 0 Å². The van der Waals surface area contributed by atoms with Crippen molar-refractivity contribution in [3.05, 3.63) is 12.4 Å². The summed E-state index contributed by atoms with van der Waals surface area (Å²) in [5, 5.41) is 18.6. The van der Waals surface area contributed by atoms with Crippen LogP contribution in [0.1, 0.15) is 25.7 Å². The maximum absolute atomic E-state index is 12.0. The number of rotatable bonds is 4. The van der Waals surface area contributed by atoms with Gasteiger partial charge in [-0.1, -0.05) is 0 Å². The summed E-state index contributed by atoms with van der Waals surface area (Å²) in [5.41, 5.74) is 0. The van der Waals surface area contributed by atoms with Crippen molar-refractivity contribution >= 4 is 17.9 Å². The number of nitrogens with zero attached hydrogens (tertiary/aromatic N) is 4. The Bertz CT molecular complexity index is 467. The Balaban J connectivity index is 1.85. The van der Waals surface area contributed by atoms with Gasteiger partial charge in [0.25, 0.3) is 5.95 Å². The number of aromatic nitrogens is 3. The highest BCUT2D eigenvalue weighted by Gasteiger charge is 2.24. The topological polar surface area (TPSA) is 108 Å². The van der Waals surface area contributed by atoms with Crippen LogP contribution in [0, 0.1) is 5.92 Å². The zero-order valence-electron chi connectivity index (χ0n) is 11.0. The van der Waals surface area contributed by atoms with E-state index >= 15 is 0 Å². The summed E-state index contributed by atoms with van der Waals surface area (Å²) in [4.78, 5) is 28.2. The molecule has 1 aliphatic heterocycles. The first-order valence-electron chi connectivity index (χ1n) is 6.56. The van der Waals surface area contributed by atoms with E-state index in [2.05, 4.69) is 20.5 Å². The van der Waals surface area contributed by atoms with Crippen molar-refractivity contribution < 1.29 is 14.7 Å². The molecule has 0 aliphatic carbocycles. The third-order valence-electron chi connectivity index (χ3n) is 3.27. The number of hydrogen-bond donors (Lipinski definition) is 2. The summed E-state index contributed by atoms with van der Waals surface area (Å²) < 4.78 is 0. The van der Waals surface area contributed by atoms with Crippen LogP contribution in [0.25, 0.3) is 0 Å². The lowest BCUT2D eigenvalue weighted by Gasteiger charge is -2.32. The van der Waals surface area contributed by atoms with Crippen LogP contribution < -0.4 is 5.32 Å². The Morgan fingerprint density at radius 3 is 3.00 bits per heavy atom. The monoisotopic (exact) mass is 279 g/mol. The Labute approximate surface area is 116 Å². The van der Waals surface area contributed by atoms with Crippen molar-refractivity contribution in [2.24, 2.45) is 5.92 Å². The quantitative estimate of drug-likeness (QED) is 0.850. The van der Waals surface area contributed by atoms with Gasteiger partial charge < -0.3 is 10.0 Å². The average Bonchev–Trinajstić information content (AvgIpc) is 2.46. The molecule has 0 spiro atoms. The van der Waals surface area contributed by atoms with Crippen LogP contribution in [-0.2, 0) is 4.79 Å². The minimum atomic E-state index is -0.796. The molecule has 1 aromatic heterocycles. The Morgan fingerprint density at radius 2 is 2.30 bits per heavy atom. The number of carbonyl (C=O) groups excluding carboxylic acids is 1. The summed E-state index contributed by atoms with van der Waals surface area (Å²) >= 11 is 0. The molecule has 8 nitrogen and oxygen atoms in total. The van der Waals surface area contributed by atoms with Crippen LogP contribution in [0.3, 0.4) is 0 Å². The SMILES string of the molecule is O=C(O)CCC1CCCN(C(=O)Nc2nccnn2)C1. The first kappa shape index (κ1) is 14.2. The lowest BCUT2D eigenvalue weighted by atomic mass is 9.93. The van der Waals surface area contributed by atoms with Crippen LogP contribution in [0.2, 0.25) is 0 Å². The van der Waals surface area contributed by atoms with Gasteiger partial charge in [-0.2, -0.15) is 5.10 Å². The fraction of sp³-hybridized carbons (Fsp3) is 0.583. The smallest absolute Gasteiger partial charge is 0.324 e. The van der Waals surface area contributed by atoms with E-state index in [4.69, 9.17) is 5.11 Å². The Hall–Kier alpha value is -2.25. The number of likely N-dealkylation sites (tertiary alicyclic amines) is 1. The van der Waals surface area contributed by atoms with Gasteiger partial charge in [-0.3, -0.25) is 10.1 Å². The van der Waals surface area contributed by atoms with Gasteiger partial charge in [-0.25, -0.2) is 9.78 Å². The van der Waals surface area contributed by atoms with E-state index in [0.717, 1.165) is 12.8 Å². The molecule has 2 N–H and O–H groups in total. The highest BCUT2D eigenvalue weighted by Crippen LogP contribution is 2.21. The van der Waals surface area contributed by atoms with Gasteiger partial charge in [0, 0.05) is 19.5 Å². The average molecular weight is 279 g/mol. The third-order valence-corrected chi connectivity index (χ3v) is 3.27. The van der Waals surface area contributed by atoms with E-state index in [1.54, 1.807) is 4.90 Å². The summed E-state index contributed by atoms with van der Waals surface area (Å²) in [6.45, 7) is 1.23. The van der Waals surface area contributed by atoms with Gasteiger partial charge in [-0.05, 0) is 25.2 Å². The standard InChI is InChI=1S/C12H17N5O3/c18-10(19)4-3-9-2-1-7-17(8-9)12(20)15-11-13-5-6-14-16-11/h5-6,9H,1-4,7-8H2,(H,18,19)(H,13,15,16,20). The number of amides is 2. The molecule has 1 atom stereocenters. The molecule has 1 aliphatic rings. The van der Waals surface area contributed by atoms with Crippen molar-refractivity contribution in [1.82, 2.24) is 20.1 Å². The molecule has 0 radical (unpaired) electrons. The molecule has 1 unspecified atom stereocenters. The van der Waals surface area contributed by atoms with Crippen molar-refractivity contribution in [3.63, 3.8) is 0 Å². The predicted octanol–water partition coefficient (Wildman–Crippen LogP) is 0.980. The normalized spacial score (nSPS) is 18.6. The molecule has 108 valence electrons. The fourth-order valence-electron chi connectivity index (χ4n) is 2.29. The maximum Gasteiger partial charge on any atom is 0.324 e. The number of piperidine rings is 1. The molecule has 2 rings (SSSR count). The summed E-state index contributed by atoms with van der Waals surface area (Å²) in [6, 6.07) is -0.266. The van der Waals surface area contributed by atoms with E-state index in [1.165, 1.54) is 12.4 Å². The maximum atomic E-state index is 12.0. The van der Waals surface area contributed by atoms with Crippen molar-refractivity contribution in [2.45, 2.75) is 25.7 Å². The molecular formula is C12H17N5O3. The van der Waals surface area contributed by atoms with Crippen LogP contribution in [0.5, 0.6) is 0 Å². The highest BCUT2D eigenvalue weighted by atomic mass is 16.4. The molecule has 2 amide bonds. The molecule has 0 bridgehead atoms. The molecular weight excluding hydrogens is 262 g/mol. The minimum Gasteiger partial charge on any atom is -0.481 e. The lowest BCUT2D eigenvalue weighted by Crippen LogP contribution is -2.42. The van der Waals surface area contributed by atoms with E-state index in [9.17, 15) is 9.59 Å².